The van der Waals surface area contributed by atoms with Crippen LogP contribution in [0.25, 0.3) is 0 Å². The maximum atomic E-state index is 12.1. The number of alkyl halides is 3. The number of nitrogens with two attached hydrogens (primary N) is 1. The largest absolute Gasteiger partial charge is 0.491 e. The molecule has 1 atom stereocenters. The van der Waals surface area contributed by atoms with Crippen LogP contribution in [0.5, 0.6) is 5.75 Å². The predicted molar refractivity (Wildman–Crippen MR) is 65.9 cm³/mol. The summed E-state index contributed by atoms with van der Waals surface area (Å²) in [6.07, 6.45) is -5.28. The van der Waals surface area contributed by atoms with Gasteiger partial charge in [0.15, 0.2) is 0 Å². The van der Waals surface area contributed by atoms with Crippen LogP contribution in [0.2, 0.25) is 0 Å². The molecule has 0 radical (unpaired) electrons. The van der Waals surface area contributed by atoms with E-state index in [4.69, 9.17) is 10.5 Å². The number of likely N-dealkylation sites (N-methyl/N-ethyl adjacent to an activating group) is 1. The molecule has 4 nitrogen and oxygen atoms in total. The average molecular weight is 278 g/mol. The highest BCUT2D eigenvalue weighted by atomic mass is 19.4. The van der Waals surface area contributed by atoms with Crippen molar-refractivity contribution in [3.63, 3.8) is 0 Å². The van der Waals surface area contributed by atoms with Crippen LogP contribution in [-0.2, 0) is 0 Å². The smallest absolute Gasteiger partial charge is 0.401 e. The number of aliphatic hydroxyl groups excluding tert-OH is 1. The summed E-state index contributed by atoms with van der Waals surface area (Å²) in [5, 5.41) is 9.58. The van der Waals surface area contributed by atoms with Crippen molar-refractivity contribution in [2.75, 3.05) is 32.5 Å². The van der Waals surface area contributed by atoms with Crippen LogP contribution in [-0.4, -0.2) is 49.0 Å². The van der Waals surface area contributed by atoms with E-state index in [1.165, 1.54) is 7.05 Å². The van der Waals surface area contributed by atoms with E-state index in [0.29, 0.717) is 11.4 Å². The zero-order valence-corrected chi connectivity index (χ0v) is 10.5. The first-order valence-corrected chi connectivity index (χ1v) is 5.68. The van der Waals surface area contributed by atoms with Gasteiger partial charge in [0.1, 0.15) is 18.5 Å². The molecule has 3 N–H and O–H groups in total. The molecular weight excluding hydrogens is 261 g/mol. The second-order valence-corrected chi connectivity index (χ2v) is 4.35. The molecule has 7 heteroatoms. The molecule has 1 aromatic carbocycles. The number of hydrogen-bond donors (Lipinski definition) is 2. The average Bonchev–Trinajstić information content (AvgIpc) is 2.23. The Labute approximate surface area is 109 Å². The van der Waals surface area contributed by atoms with Crippen molar-refractivity contribution in [3.05, 3.63) is 24.3 Å². The lowest BCUT2D eigenvalue weighted by Crippen LogP contribution is -2.38. The Kier molecular flexibility index (Phi) is 5.44. The molecule has 19 heavy (non-hydrogen) atoms. The first-order chi connectivity index (χ1) is 8.76. The van der Waals surface area contributed by atoms with Gasteiger partial charge in [-0.25, -0.2) is 0 Å². The molecule has 1 rings (SSSR count). The highest BCUT2D eigenvalue weighted by Gasteiger charge is 2.29. The third kappa shape index (κ3) is 6.88. The molecule has 0 aliphatic heterocycles. The number of ether oxygens (including phenoxy) is 1. The Bertz CT molecular complexity index is 399. The van der Waals surface area contributed by atoms with Gasteiger partial charge in [0, 0.05) is 18.3 Å². The fourth-order valence-corrected chi connectivity index (χ4v) is 1.58. The van der Waals surface area contributed by atoms with E-state index < -0.39 is 18.8 Å². The molecule has 108 valence electrons. The molecule has 1 unspecified atom stereocenters. The first kappa shape index (κ1) is 15.6. The second-order valence-electron chi connectivity index (χ2n) is 4.35. The second kappa shape index (κ2) is 6.63. The van der Waals surface area contributed by atoms with Gasteiger partial charge in [-0.15, -0.1) is 0 Å². The van der Waals surface area contributed by atoms with Gasteiger partial charge in [0.2, 0.25) is 0 Å². The van der Waals surface area contributed by atoms with E-state index in [9.17, 15) is 18.3 Å². The number of nitrogens with zero attached hydrogens (tertiary/aromatic N) is 1. The number of benzene rings is 1. The SMILES string of the molecule is CN(CC(O)COc1cccc(N)c1)CC(F)(F)F. The van der Waals surface area contributed by atoms with Gasteiger partial charge in [0.25, 0.3) is 0 Å². The summed E-state index contributed by atoms with van der Waals surface area (Å²) in [7, 11) is 1.29. The Hall–Kier alpha value is -1.47. The summed E-state index contributed by atoms with van der Waals surface area (Å²) < 4.78 is 41.5. The van der Waals surface area contributed by atoms with Crippen LogP contribution in [0.4, 0.5) is 18.9 Å². The number of anilines is 1. The monoisotopic (exact) mass is 278 g/mol. The standard InChI is InChI=1S/C12H17F3N2O2/c1-17(8-12(13,14)15)6-10(18)7-19-11-4-2-3-9(16)5-11/h2-5,10,18H,6-8,16H2,1H3. The number of aliphatic hydroxyl groups is 1. The van der Waals surface area contributed by atoms with Gasteiger partial charge in [-0.05, 0) is 19.2 Å². The molecule has 0 fully saturated rings. The van der Waals surface area contributed by atoms with E-state index in [1.54, 1.807) is 24.3 Å². The Morgan fingerprint density at radius 1 is 1.42 bits per heavy atom. The maximum absolute atomic E-state index is 12.1. The molecule has 1 aromatic rings. The summed E-state index contributed by atoms with van der Waals surface area (Å²) >= 11 is 0. The zero-order valence-electron chi connectivity index (χ0n) is 10.5. The minimum atomic E-state index is -4.27. The van der Waals surface area contributed by atoms with Gasteiger partial charge >= 0.3 is 6.18 Å². The molecular formula is C12H17F3N2O2. The number of rotatable bonds is 6. The highest BCUT2D eigenvalue weighted by molar-refractivity contribution is 5.43. The Balaban J connectivity index is 2.33. The molecule has 0 spiro atoms. The van der Waals surface area contributed by atoms with Crippen LogP contribution < -0.4 is 10.5 Å². The molecule has 0 aliphatic carbocycles. The Morgan fingerprint density at radius 2 is 2.11 bits per heavy atom. The van der Waals surface area contributed by atoms with Crippen molar-refractivity contribution in [1.82, 2.24) is 4.90 Å². The van der Waals surface area contributed by atoms with Crippen LogP contribution in [0.15, 0.2) is 24.3 Å². The minimum absolute atomic E-state index is 0.0916. The normalized spacial score (nSPS) is 13.6. The third-order valence-corrected chi connectivity index (χ3v) is 2.27. The number of halogens is 3. The topological polar surface area (TPSA) is 58.7 Å². The summed E-state index contributed by atoms with van der Waals surface area (Å²) in [4.78, 5) is 0.993. The molecule has 0 saturated carbocycles. The van der Waals surface area contributed by atoms with Crippen LogP contribution >= 0.6 is 0 Å². The molecule has 0 amide bonds. The van der Waals surface area contributed by atoms with E-state index >= 15 is 0 Å². The molecule has 0 aliphatic rings. The minimum Gasteiger partial charge on any atom is -0.491 e. The highest BCUT2D eigenvalue weighted by Crippen LogP contribution is 2.16. The molecule has 0 heterocycles. The summed E-state index contributed by atoms with van der Waals surface area (Å²) in [5.74, 6) is 0.470. The zero-order chi connectivity index (χ0) is 14.5. The lowest BCUT2D eigenvalue weighted by molar-refractivity contribution is -0.145. The number of nitrogen functional groups attached to an aromatic ring is 1. The van der Waals surface area contributed by atoms with Crippen LogP contribution in [0.1, 0.15) is 0 Å². The van der Waals surface area contributed by atoms with Gasteiger partial charge in [0.05, 0.1) is 6.54 Å². The number of hydrogen-bond acceptors (Lipinski definition) is 4. The van der Waals surface area contributed by atoms with Crippen LogP contribution in [0.3, 0.4) is 0 Å². The summed E-state index contributed by atoms with van der Waals surface area (Å²) in [6, 6.07) is 6.60. The van der Waals surface area contributed by atoms with Crippen LogP contribution in [0, 0.1) is 0 Å². The predicted octanol–water partition coefficient (Wildman–Crippen LogP) is 1.50. The fraction of sp³-hybridized carbons (Fsp3) is 0.500. The molecule has 0 aromatic heterocycles. The van der Waals surface area contributed by atoms with E-state index in [2.05, 4.69) is 0 Å². The van der Waals surface area contributed by atoms with Crippen molar-refractivity contribution >= 4 is 5.69 Å². The lowest BCUT2D eigenvalue weighted by atomic mass is 10.3. The van der Waals surface area contributed by atoms with Crippen molar-refractivity contribution in [2.45, 2.75) is 12.3 Å². The van der Waals surface area contributed by atoms with E-state index in [-0.39, 0.29) is 13.2 Å². The van der Waals surface area contributed by atoms with E-state index in [1.807, 2.05) is 0 Å². The van der Waals surface area contributed by atoms with E-state index in [0.717, 1.165) is 4.90 Å². The maximum Gasteiger partial charge on any atom is 0.401 e. The third-order valence-electron chi connectivity index (χ3n) is 2.27. The van der Waals surface area contributed by atoms with Crippen molar-refractivity contribution in [3.8, 4) is 5.75 Å². The summed E-state index contributed by atoms with van der Waals surface area (Å²) in [5.41, 5.74) is 6.05. The van der Waals surface area contributed by atoms with Crippen molar-refractivity contribution in [1.29, 1.82) is 0 Å². The van der Waals surface area contributed by atoms with Crippen molar-refractivity contribution in [2.24, 2.45) is 0 Å². The van der Waals surface area contributed by atoms with Crippen molar-refractivity contribution < 1.29 is 23.0 Å². The van der Waals surface area contributed by atoms with Gasteiger partial charge in [-0.1, -0.05) is 6.07 Å². The quantitative estimate of drug-likeness (QED) is 0.774. The fourth-order valence-electron chi connectivity index (χ4n) is 1.58. The van der Waals surface area contributed by atoms with Gasteiger partial charge in [-0.2, -0.15) is 13.2 Å². The molecule has 0 saturated heterocycles. The first-order valence-electron chi connectivity index (χ1n) is 5.68. The van der Waals surface area contributed by atoms with Gasteiger partial charge in [-0.3, -0.25) is 4.90 Å². The lowest BCUT2D eigenvalue weighted by Gasteiger charge is -2.21. The summed E-state index contributed by atoms with van der Waals surface area (Å²) in [6.45, 7) is -1.28. The molecule has 0 bridgehead atoms. The van der Waals surface area contributed by atoms with Gasteiger partial charge < -0.3 is 15.6 Å². The Morgan fingerprint density at radius 3 is 2.68 bits per heavy atom.